The Morgan fingerprint density at radius 3 is 2.18 bits per heavy atom. The first kappa shape index (κ1) is 21.2. The zero-order valence-electron chi connectivity index (χ0n) is 16.6. The first-order valence-corrected chi connectivity index (χ1v) is 8.98. The first-order valence-electron chi connectivity index (χ1n) is 8.98. The molecule has 0 fully saturated rings. The number of aryl methyl sites for hydroxylation is 3. The molecular formula is C22H25NO5. The number of hydrogen-bond donors (Lipinski definition) is 1. The lowest BCUT2D eigenvalue weighted by molar-refractivity contribution is -0.145. The smallest absolute Gasteiger partial charge is 0.339 e. The van der Waals surface area contributed by atoms with Crippen LogP contribution in [-0.4, -0.2) is 37.6 Å². The van der Waals surface area contributed by atoms with Gasteiger partial charge < -0.3 is 14.8 Å². The van der Waals surface area contributed by atoms with Crippen LogP contribution in [0.25, 0.3) is 0 Å². The maximum atomic E-state index is 12.4. The van der Waals surface area contributed by atoms with Crippen molar-refractivity contribution in [3.05, 3.63) is 70.3 Å². The van der Waals surface area contributed by atoms with E-state index in [0.29, 0.717) is 5.56 Å². The minimum Gasteiger partial charge on any atom is -0.467 e. The van der Waals surface area contributed by atoms with Gasteiger partial charge in [0.15, 0.2) is 6.61 Å². The first-order chi connectivity index (χ1) is 13.3. The average Bonchev–Trinajstić information content (AvgIpc) is 2.65. The Balaban J connectivity index is 1.99. The summed E-state index contributed by atoms with van der Waals surface area (Å²) in [5.74, 6) is -1.70. The standard InChI is InChI=1S/C22H25NO5/c1-14-10-15(2)20(16(3)11-14)22(26)28-13-19(24)23-18(21(25)27-4)12-17-8-6-5-7-9-17/h5-11,18H,12-13H2,1-4H3,(H,23,24)/t18-/m1/s1. The summed E-state index contributed by atoms with van der Waals surface area (Å²) in [4.78, 5) is 36.6. The molecule has 1 atom stereocenters. The fourth-order valence-corrected chi connectivity index (χ4v) is 3.13. The summed E-state index contributed by atoms with van der Waals surface area (Å²) in [6.07, 6.45) is 0.281. The van der Waals surface area contributed by atoms with Crippen LogP contribution in [0.2, 0.25) is 0 Å². The second-order valence-electron chi connectivity index (χ2n) is 6.68. The van der Waals surface area contributed by atoms with Crippen molar-refractivity contribution in [2.75, 3.05) is 13.7 Å². The Morgan fingerprint density at radius 2 is 1.61 bits per heavy atom. The molecule has 28 heavy (non-hydrogen) atoms. The molecule has 6 heteroatoms. The predicted octanol–water partition coefficient (Wildman–Crippen LogP) is 2.67. The van der Waals surface area contributed by atoms with Crippen LogP contribution in [0.1, 0.15) is 32.6 Å². The molecule has 0 unspecified atom stereocenters. The lowest BCUT2D eigenvalue weighted by Gasteiger charge is -2.17. The molecule has 0 bridgehead atoms. The van der Waals surface area contributed by atoms with Crippen LogP contribution >= 0.6 is 0 Å². The number of hydrogen-bond acceptors (Lipinski definition) is 5. The van der Waals surface area contributed by atoms with E-state index in [1.807, 2.05) is 63.2 Å². The maximum absolute atomic E-state index is 12.4. The largest absolute Gasteiger partial charge is 0.467 e. The Hall–Kier alpha value is -3.15. The predicted molar refractivity (Wildman–Crippen MR) is 105 cm³/mol. The van der Waals surface area contributed by atoms with E-state index in [9.17, 15) is 14.4 Å². The molecule has 2 rings (SSSR count). The van der Waals surface area contributed by atoms with Crippen molar-refractivity contribution in [3.8, 4) is 0 Å². The second kappa shape index (κ2) is 9.69. The third-order valence-corrected chi connectivity index (χ3v) is 4.32. The van der Waals surface area contributed by atoms with Gasteiger partial charge in [-0.1, -0.05) is 48.0 Å². The molecule has 0 saturated carbocycles. The van der Waals surface area contributed by atoms with Gasteiger partial charge in [0, 0.05) is 6.42 Å². The number of benzene rings is 2. The summed E-state index contributed by atoms with van der Waals surface area (Å²) < 4.78 is 9.91. The number of carbonyl (C=O) groups is 3. The zero-order valence-corrected chi connectivity index (χ0v) is 16.6. The van der Waals surface area contributed by atoms with Crippen LogP contribution in [0.4, 0.5) is 0 Å². The van der Waals surface area contributed by atoms with Crippen molar-refractivity contribution in [1.29, 1.82) is 0 Å². The topological polar surface area (TPSA) is 81.7 Å². The normalized spacial score (nSPS) is 11.4. The van der Waals surface area contributed by atoms with Gasteiger partial charge in [0.05, 0.1) is 12.7 Å². The summed E-state index contributed by atoms with van der Waals surface area (Å²) in [6, 6.07) is 12.2. The molecule has 1 amide bonds. The highest BCUT2D eigenvalue weighted by molar-refractivity contribution is 5.94. The van der Waals surface area contributed by atoms with E-state index in [0.717, 1.165) is 22.3 Å². The molecule has 0 aromatic heterocycles. The number of nitrogens with one attached hydrogen (secondary N) is 1. The van der Waals surface area contributed by atoms with E-state index >= 15 is 0 Å². The van der Waals surface area contributed by atoms with Gasteiger partial charge in [0.25, 0.3) is 5.91 Å². The van der Waals surface area contributed by atoms with Crippen molar-refractivity contribution in [2.24, 2.45) is 0 Å². The van der Waals surface area contributed by atoms with Gasteiger partial charge in [-0.05, 0) is 37.5 Å². The van der Waals surface area contributed by atoms with Crippen molar-refractivity contribution in [2.45, 2.75) is 33.2 Å². The lowest BCUT2D eigenvalue weighted by atomic mass is 10.00. The monoisotopic (exact) mass is 383 g/mol. The van der Waals surface area contributed by atoms with E-state index in [1.54, 1.807) is 0 Å². The maximum Gasteiger partial charge on any atom is 0.339 e. The molecule has 0 spiro atoms. The molecule has 0 aliphatic heterocycles. The van der Waals surface area contributed by atoms with E-state index < -0.39 is 30.5 Å². The van der Waals surface area contributed by atoms with Crippen LogP contribution in [0.5, 0.6) is 0 Å². The molecule has 2 aromatic carbocycles. The van der Waals surface area contributed by atoms with Crippen LogP contribution in [0.15, 0.2) is 42.5 Å². The van der Waals surface area contributed by atoms with Gasteiger partial charge >= 0.3 is 11.9 Å². The molecule has 0 aliphatic rings. The molecule has 0 saturated heterocycles. The van der Waals surface area contributed by atoms with Gasteiger partial charge in [-0.15, -0.1) is 0 Å². The quantitative estimate of drug-likeness (QED) is 0.744. The molecule has 148 valence electrons. The average molecular weight is 383 g/mol. The highest BCUT2D eigenvalue weighted by atomic mass is 16.5. The molecule has 0 aliphatic carbocycles. The Morgan fingerprint density at radius 1 is 1.00 bits per heavy atom. The minimum absolute atomic E-state index is 0.281. The van der Waals surface area contributed by atoms with Gasteiger partial charge in [0.2, 0.25) is 0 Å². The van der Waals surface area contributed by atoms with Gasteiger partial charge in [-0.3, -0.25) is 4.79 Å². The molecule has 6 nitrogen and oxygen atoms in total. The van der Waals surface area contributed by atoms with Gasteiger partial charge in [0.1, 0.15) is 6.04 Å². The molecule has 2 aromatic rings. The second-order valence-corrected chi connectivity index (χ2v) is 6.68. The van der Waals surface area contributed by atoms with Crippen LogP contribution in [0, 0.1) is 20.8 Å². The van der Waals surface area contributed by atoms with Crippen molar-refractivity contribution >= 4 is 17.8 Å². The fraction of sp³-hybridized carbons (Fsp3) is 0.318. The lowest BCUT2D eigenvalue weighted by Crippen LogP contribution is -2.44. The molecule has 1 N–H and O–H groups in total. The van der Waals surface area contributed by atoms with E-state index in [-0.39, 0.29) is 6.42 Å². The molecule has 0 heterocycles. The highest BCUT2D eigenvalue weighted by Gasteiger charge is 2.23. The number of ether oxygens (including phenoxy) is 2. The summed E-state index contributed by atoms with van der Waals surface area (Å²) in [6.45, 7) is 5.11. The summed E-state index contributed by atoms with van der Waals surface area (Å²) >= 11 is 0. The highest BCUT2D eigenvalue weighted by Crippen LogP contribution is 2.17. The van der Waals surface area contributed by atoms with E-state index in [4.69, 9.17) is 9.47 Å². The van der Waals surface area contributed by atoms with Crippen LogP contribution in [0.3, 0.4) is 0 Å². The molecular weight excluding hydrogens is 358 g/mol. The fourth-order valence-electron chi connectivity index (χ4n) is 3.13. The third-order valence-electron chi connectivity index (χ3n) is 4.32. The SMILES string of the molecule is COC(=O)[C@@H](Cc1ccccc1)NC(=O)COC(=O)c1c(C)cc(C)cc1C. The number of amides is 1. The Kier molecular flexibility index (Phi) is 7.32. The number of carbonyl (C=O) groups excluding carboxylic acids is 3. The zero-order chi connectivity index (χ0) is 20.7. The summed E-state index contributed by atoms with van der Waals surface area (Å²) in [5, 5.41) is 2.57. The van der Waals surface area contributed by atoms with E-state index in [2.05, 4.69) is 5.32 Å². The Bertz CT molecular complexity index is 837. The minimum atomic E-state index is -0.860. The number of methoxy groups -OCH3 is 1. The van der Waals surface area contributed by atoms with Crippen LogP contribution in [-0.2, 0) is 25.5 Å². The van der Waals surface area contributed by atoms with Crippen molar-refractivity contribution < 1.29 is 23.9 Å². The summed E-state index contributed by atoms with van der Waals surface area (Å²) in [7, 11) is 1.26. The van der Waals surface area contributed by atoms with Gasteiger partial charge in [-0.2, -0.15) is 0 Å². The van der Waals surface area contributed by atoms with Crippen molar-refractivity contribution in [3.63, 3.8) is 0 Å². The van der Waals surface area contributed by atoms with E-state index in [1.165, 1.54) is 7.11 Å². The number of esters is 2. The number of rotatable bonds is 7. The molecule has 0 radical (unpaired) electrons. The van der Waals surface area contributed by atoms with Crippen LogP contribution < -0.4 is 5.32 Å². The Labute approximate surface area is 164 Å². The third kappa shape index (κ3) is 5.67. The van der Waals surface area contributed by atoms with Crippen molar-refractivity contribution in [1.82, 2.24) is 5.32 Å². The van der Waals surface area contributed by atoms with Gasteiger partial charge in [-0.25, -0.2) is 9.59 Å². The summed E-state index contributed by atoms with van der Waals surface area (Å²) in [5.41, 5.74) is 3.96.